The van der Waals surface area contributed by atoms with Crippen molar-refractivity contribution in [1.29, 1.82) is 0 Å². The number of anilines is 1. The van der Waals surface area contributed by atoms with Gasteiger partial charge in [0.25, 0.3) is 0 Å². The van der Waals surface area contributed by atoms with Crippen LogP contribution in [0.3, 0.4) is 0 Å². The lowest BCUT2D eigenvalue weighted by Crippen LogP contribution is -2.45. The largest absolute Gasteiger partial charge is 0.486 e. The van der Waals surface area contributed by atoms with Gasteiger partial charge in [0.2, 0.25) is 11.8 Å². The van der Waals surface area contributed by atoms with Crippen LogP contribution < -0.4 is 25.2 Å². The van der Waals surface area contributed by atoms with E-state index in [-0.39, 0.29) is 24.6 Å². The summed E-state index contributed by atoms with van der Waals surface area (Å²) >= 11 is 0. The molecular formula is C18H17N3O6. The maximum atomic E-state index is 12.4. The van der Waals surface area contributed by atoms with Crippen molar-refractivity contribution in [3.8, 4) is 11.5 Å². The van der Waals surface area contributed by atoms with Crippen molar-refractivity contribution in [2.24, 2.45) is 5.92 Å². The molecule has 1 aromatic heterocycles. The Morgan fingerprint density at radius 2 is 1.89 bits per heavy atom. The molecule has 2 aliphatic heterocycles. The number of amides is 3. The van der Waals surface area contributed by atoms with Crippen molar-refractivity contribution in [3.05, 3.63) is 42.4 Å². The summed E-state index contributed by atoms with van der Waals surface area (Å²) in [4.78, 5) is 38.0. The minimum Gasteiger partial charge on any atom is -0.486 e. The molecule has 4 rings (SSSR count). The van der Waals surface area contributed by atoms with Crippen LogP contribution in [0.25, 0.3) is 0 Å². The van der Waals surface area contributed by atoms with Crippen LogP contribution in [0.5, 0.6) is 11.5 Å². The van der Waals surface area contributed by atoms with E-state index < -0.39 is 17.7 Å². The molecular weight excluding hydrogens is 354 g/mol. The molecule has 9 heteroatoms. The molecule has 0 aliphatic carbocycles. The van der Waals surface area contributed by atoms with Gasteiger partial charge in [0.1, 0.15) is 13.2 Å². The van der Waals surface area contributed by atoms with Crippen molar-refractivity contribution < 1.29 is 28.3 Å². The Labute approximate surface area is 154 Å². The summed E-state index contributed by atoms with van der Waals surface area (Å²) < 4.78 is 15.9. The molecule has 140 valence electrons. The highest BCUT2D eigenvalue weighted by Crippen LogP contribution is 2.35. The quantitative estimate of drug-likeness (QED) is 0.775. The molecule has 27 heavy (non-hydrogen) atoms. The fourth-order valence-electron chi connectivity index (χ4n) is 3.02. The summed E-state index contributed by atoms with van der Waals surface area (Å²) in [5.41, 5.74) is 5.24. The highest BCUT2D eigenvalue weighted by atomic mass is 16.6. The second-order valence-electron chi connectivity index (χ2n) is 6.15. The number of carbonyl (C=O) groups excluding carboxylic acids is 3. The monoisotopic (exact) mass is 371 g/mol. The molecule has 0 unspecified atom stereocenters. The SMILES string of the molecule is O=C(NNC(=O)[C@@H]1CC(=O)N(c2ccc3c(c2)OCCO3)C1)c1ccco1. The number of furan rings is 1. The standard InChI is InChI=1S/C18H17N3O6/c22-16-8-11(17(23)19-20-18(24)14-2-1-5-25-14)10-21(16)12-3-4-13-15(9-12)27-7-6-26-13/h1-5,9,11H,6-8,10H2,(H,19,23)(H,20,24)/t11-/m1/s1. The zero-order valence-electron chi connectivity index (χ0n) is 14.3. The molecule has 0 spiro atoms. The number of nitrogens with one attached hydrogen (secondary N) is 2. The number of rotatable bonds is 3. The van der Waals surface area contributed by atoms with Gasteiger partial charge in [0, 0.05) is 24.7 Å². The first-order chi connectivity index (χ1) is 13.1. The Morgan fingerprint density at radius 3 is 2.67 bits per heavy atom. The van der Waals surface area contributed by atoms with Gasteiger partial charge in [0.15, 0.2) is 17.3 Å². The average molecular weight is 371 g/mol. The first-order valence-electron chi connectivity index (χ1n) is 8.45. The normalized spacial score (nSPS) is 18.3. The van der Waals surface area contributed by atoms with Crippen LogP contribution >= 0.6 is 0 Å². The minimum atomic E-state index is -0.581. The molecule has 2 N–H and O–H groups in total. The maximum Gasteiger partial charge on any atom is 0.305 e. The second kappa shape index (κ2) is 7.02. The number of hydrogen-bond acceptors (Lipinski definition) is 6. The smallest absolute Gasteiger partial charge is 0.305 e. The van der Waals surface area contributed by atoms with Crippen LogP contribution in [-0.2, 0) is 9.59 Å². The molecule has 3 heterocycles. The number of hydrogen-bond donors (Lipinski definition) is 2. The van der Waals surface area contributed by atoms with Crippen LogP contribution in [0.15, 0.2) is 41.0 Å². The summed E-state index contributed by atoms with van der Waals surface area (Å²) in [6.45, 7) is 1.15. The van der Waals surface area contributed by atoms with E-state index in [1.54, 1.807) is 24.3 Å². The Balaban J connectivity index is 1.38. The summed E-state index contributed by atoms with van der Waals surface area (Å²) in [5.74, 6) is -0.483. The van der Waals surface area contributed by atoms with Crippen LogP contribution in [-0.4, -0.2) is 37.5 Å². The summed E-state index contributed by atoms with van der Waals surface area (Å²) in [7, 11) is 0. The van der Waals surface area contributed by atoms with Crippen LogP contribution in [0.4, 0.5) is 5.69 Å². The molecule has 2 aromatic rings. The Bertz CT molecular complexity index is 879. The Hall–Kier alpha value is -3.49. The first kappa shape index (κ1) is 17.0. The first-order valence-corrected chi connectivity index (χ1v) is 8.45. The van der Waals surface area contributed by atoms with Crippen molar-refractivity contribution in [2.75, 3.05) is 24.7 Å². The topological polar surface area (TPSA) is 110 Å². The summed E-state index contributed by atoms with van der Waals surface area (Å²) in [5, 5.41) is 0. The van der Waals surface area contributed by atoms with Gasteiger partial charge in [0.05, 0.1) is 12.2 Å². The highest BCUT2D eigenvalue weighted by Gasteiger charge is 2.35. The third-order valence-electron chi connectivity index (χ3n) is 4.38. The molecule has 1 aromatic carbocycles. The summed E-state index contributed by atoms with van der Waals surface area (Å²) in [6, 6.07) is 8.27. The molecule has 9 nitrogen and oxygen atoms in total. The van der Waals surface area contributed by atoms with E-state index in [0.717, 1.165) is 0 Å². The highest BCUT2D eigenvalue weighted by molar-refractivity contribution is 6.01. The van der Waals surface area contributed by atoms with Gasteiger partial charge in [-0.15, -0.1) is 0 Å². The minimum absolute atomic E-state index is 0.0525. The summed E-state index contributed by atoms with van der Waals surface area (Å²) in [6.07, 6.45) is 1.41. The van der Waals surface area contributed by atoms with Gasteiger partial charge >= 0.3 is 5.91 Å². The molecule has 1 saturated heterocycles. The van der Waals surface area contributed by atoms with Gasteiger partial charge in [-0.3, -0.25) is 25.2 Å². The lowest BCUT2D eigenvalue weighted by Gasteiger charge is -2.22. The number of carbonyl (C=O) groups is 3. The molecule has 0 bridgehead atoms. The number of fused-ring (bicyclic) bond motifs is 1. The molecule has 3 amide bonds. The van der Waals surface area contributed by atoms with E-state index in [1.807, 2.05) is 0 Å². The van der Waals surface area contributed by atoms with Crippen LogP contribution in [0.1, 0.15) is 17.0 Å². The lowest BCUT2D eigenvalue weighted by atomic mass is 10.1. The van der Waals surface area contributed by atoms with Gasteiger partial charge in [-0.05, 0) is 24.3 Å². The van der Waals surface area contributed by atoms with Gasteiger partial charge in [-0.25, -0.2) is 0 Å². The van der Waals surface area contributed by atoms with E-state index in [4.69, 9.17) is 13.9 Å². The van der Waals surface area contributed by atoms with E-state index in [2.05, 4.69) is 10.9 Å². The van der Waals surface area contributed by atoms with E-state index >= 15 is 0 Å². The van der Waals surface area contributed by atoms with Crippen LogP contribution in [0.2, 0.25) is 0 Å². The lowest BCUT2D eigenvalue weighted by molar-refractivity contribution is -0.126. The average Bonchev–Trinajstić information content (AvgIpc) is 3.35. The van der Waals surface area contributed by atoms with Crippen molar-refractivity contribution >= 4 is 23.4 Å². The fraction of sp³-hybridized carbons (Fsp3) is 0.278. The zero-order chi connectivity index (χ0) is 18.8. The van der Waals surface area contributed by atoms with Gasteiger partial charge < -0.3 is 18.8 Å². The van der Waals surface area contributed by atoms with Gasteiger partial charge in [-0.2, -0.15) is 0 Å². The molecule has 2 aliphatic rings. The number of hydrazine groups is 1. The van der Waals surface area contributed by atoms with Gasteiger partial charge in [-0.1, -0.05) is 0 Å². The number of ether oxygens (including phenoxy) is 2. The molecule has 1 atom stereocenters. The third kappa shape index (κ3) is 3.43. The number of nitrogens with zero attached hydrogens (tertiary/aromatic N) is 1. The van der Waals surface area contributed by atoms with E-state index in [1.165, 1.54) is 17.2 Å². The van der Waals surface area contributed by atoms with Crippen molar-refractivity contribution in [1.82, 2.24) is 10.9 Å². The zero-order valence-corrected chi connectivity index (χ0v) is 14.3. The Kier molecular flexibility index (Phi) is 4.41. The molecule has 1 fully saturated rings. The van der Waals surface area contributed by atoms with Crippen LogP contribution in [0, 0.1) is 5.92 Å². The van der Waals surface area contributed by atoms with E-state index in [0.29, 0.717) is 30.4 Å². The van der Waals surface area contributed by atoms with Crippen molar-refractivity contribution in [2.45, 2.75) is 6.42 Å². The second-order valence-corrected chi connectivity index (χ2v) is 6.15. The maximum absolute atomic E-state index is 12.4. The third-order valence-corrected chi connectivity index (χ3v) is 4.38. The fourth-order valence-corrected chi connectivity index (χ4v) is 3.02. The molecule has 0 saturated carbocycles. The predicted molar refractivity (Wildman–Crippen MR) is 92.2 cm³/mol. The Morgan fingerprint density at radius 1 is 1.07 bits per heavy atom. The van der Waals surface area contributed by atoms with E-state index in [9.17, 15) is 14.4 Å². The number of benzene rings is 1. The molecule has 0 radical (unpaired) electrons. The predicted octanol–water partition coefficient (Wildman–Crippen LogP) is 0.865. The van der Waals surface area contributed by atoms with Crippen molar-refractivity contribution in [3.63, 3.8) is 0 Å².